The zero-order chi connectivity index (χ0) is 68.9. The zero-order valence-corrected chi connectivity index (χ0v) is 62.7. The van der Waals surface area contributed by atoms with E-state index in [1.165, 1.54) is 167 Å². The van der Waals surface area contributed by atoms with E-state index in [0.29, 0.717) is 31.6 Å². The number of aliphatic hydroxyl groups is 1. The van der Waals surface area contributed by atoms with Gasteiger partial charge in [-0.3, -0.25) is 37.3 Å². The summed E-state index contributed by atoms with van der Waals surface area (Å²) in [6.07, 6.45) is 47.2. The smallest absolute Gasteiger partial charge is 0.462 e. The third kappa shape index (κ3) is 68.4. The Morgan fingerprint density at radius 2 is 0.452 bits per heavy atom. The molecule has 0 heterocycles. The summed E-state index contributed by atoms with van der Waals surface area (Å²) < 4.78 is 68.5. The first kappa shape index (κ1) is 91.1. The highest BCUT2D eigenvalue weighted by atomic mass is 31.2. The lowest BCUT2D eigenvalue weighted by molar-refractivity contribution is -0.161. The van der Waals surface area contributed by atoms with Crippen LogP contribution in [0.5, 0.6) is 0 Å². The summed E-state index contributed by atoms with van der Waals surface area (Å²) in [6, 6.07) is 0. The minimum Gasteiger partial charge on any atom is -0.462 e. The Bertz CT molecular complexity index is 1830. The van der Waals surface area contributed by atoms with Gasteiger partial charge in [0.2, 0.25) is 0 Å². The zero-order valence-electron chi connectivity index (χ0n) is 60.9. The minimum absolute atomic E-state index is 0.106. The Kier molecular flexibility index (Phi) is 62.2. The second kappa shape index (κ2) is 63.5. The van der Waals surface area contributed by atoms with Gasteiger partial charge in [-0.1, -0.05) is 319 Å². The number of hydrogen-bond acceptors (Lipinski definition) is 15. The summed E-state index contributed by atoms with van der Waals surface area (Å²) in [7, 11) is -9.91. The maximum absolute atomic E-state index is 13.1. The van der Waals surface area contributed by atoms with E-state index in [0.717, 1.165) is 114 Å². The summed E-state index contributed by atoms with van der Waals surface area (Å²) >= 11 is 0. The van der Waals surface area contributed by atoms with Crippen LogP contribution in [0.1, 0.15) is 370 Å². The van der Waals surface area contributed by atoms with Crippen molar-refractivity contribution in [3.05, 3.63) is 0 Å². The van der Waals surface area contributed by atoms with Crippen LogP contribution < -0.4 is 0 Å². The lowest BCUT2D eigenvalue weighted by Gasteiger charge is -2.21. The molecule has 0 aromatic carbocycles. The van der Waals surface area contributed by atoms with E-state index >= 15 is 0 Å². The van der Waals surface area contributed by atoms with Gasteiger partial charge in [-0.25, -0.2) is 9.13 Å². The van der Waals surface area contributed by atoms with Crippen LogP contribution in [0.25, 0.3) is 0 Å². The van der Waals surface area contributed by atoms with Crippen molar-refractivity contribution >= 4 is 39.5 Å². The molecule has 3 N–H and O–H groups in total. The van der Waals surface area contributed by atoms with Crippen LogP contribution in [-0.4, -0.2) is 96.7 Å². The SMILES string of the molecule is CC(C)CCCCCCCCCCCCCCC(=O)O[C@H](COC(=O)CCCCCCCCCCCCC(C)C)COP(=O)(O)OCC(O)COP(=O)(O)OC[C@@H](COC(=O)CCCCCCCCCC(C)C)OC(=O)CCCCCCCCCCCCCCC(C)C. The first-order chi connectivity index (χ1) is 44.6. The molecule has 552 valence electrons. The molecule has 0 radical (unpaired) electrons. The topological polar surface area (TPSA) is 237 Å². The first-order valence-corrected chi connectivity index (χ1v) is 41.2. The summed E-state index contributed by atoms with van der Waals surface area (Å²) in [5.74, 6) is 0.893. The number of rotatable bonds is 71. The molecule has 0 amide bonds. The molecule has 0 aliphatic rings. The Morgan fingerprint density at radius 1 is 0.269 bits per heavy atom. The molecular weight excluding hydrogens is 1220 g/mol. The minimum atomic E-state index is -4.96. The molecule has 0 spiro atoms. The highest BCUT2D eigenvalue weighted by molar-refractivity contribution is 7.47. The largest absolute Gasteiger partial charge is 0.472 e. The van der Waals surface area contributed by atoms with E-state index in [9.17, 15) is 43.2 Å². The van der Waals surface area contributed by atoms with Crippen LogP contribution in [0.4, 0.5) is 0 Å². The monoisotopic (exact) mass is 1370 g/mol. The molecule has 93 heavy (non-hydrogen) atoms. The predicted molar refractivity (Wildman–Crippen MR) is 377 cm³/mol. The summed E-state index contributed by atoms with van der Waals surface area (Å²) in [5.41, 5.74) is 0. The van der Waals surface area contributed by atoms with E-state index in [-0.39, 0.29) is 25.7 Å². The van der Waals surface area contributed by atoms with Gasteiger partial charge in [0.25, 0.3) is 0 Å². The van der Waals surface area contributed by atoms with Crippen LogP contribution in [0, 0.1) is 23.7 Å². The number of carbonyl (C=O) groups excluding carboxylic acids is 4. The van der Waals surface area contributed by atoms with Crippen molar-refractivity contribution in [2.45, 2.75) is 388 Å². The Labute approximate surface area is 568 Å². The first-order valence-electron chi connectivity index (χ1n) is 38.2. The van der Waals surface area contributed by atoms with Crippen molar-refractivity contribution < 1.29 is 80.2 Å². The number of phosphoric acid groups is 2. The summed E-state index contributed by atoms with van der Waals surface area (Å²) in [5, 5.41) is 10.6. The average molecular weight is 1370 g/mol. The van der Waals surface area contributed by atoms with Crippen molar-refractivity contribution in [1.82, 2.24) is 0 Å². The van der Waals surface area contributed by atoms with Gasteiger partial charge in [-0.2, -0.15) is 0 Å². The summed E-state index contributed by atoms with van der Waals surface area (Å²) in [6.45, 7) is 14.1. The van der Waals surface area contributed by atoms with Crippen molar-refractivity contribution in [3.63, 3.8) is 0 Å². The molecule has 17 nitrogen and oxygen atoms in total. The molecule has 5 atom stereocenters. The third-order valence-electron chi connectivity index (χ3n) is 17.1. The van der Waals surface area contributed by atoms with Gasteiger partial charge >= 0.3 is 39.5 Å². The third-order valence-corrected chi connectivity index (χ3v) is 19.0. The normalized spacial score (nSPS) is 14.2. The molecule has 19 heteroatoms. The van der Waals surface area contributed by atoms with Crippen LogP contribution >= 0.6 is 15.6 Å². The van der Waals surface area contributed by atoms with Gasteiger partial charge in [0, 0.05) is 25.7 Å². The quantitative estimate of drug-likeness (QED) is 0.0222. The van der Waals surface area contributed by atoms with Gasteiger partial charge in [0.05, 0.1) is 26.4 Å². The summed E-state index contributed by atoms with van der Waals surface area (Å²) in [4.78, 5) is 72.7. The number of esters is 4. The number of hydrogen-bond donors (Lipinski definition) is 3. The molecule has 0 bridgehead atoms. The highest BCUT2D eigenvalue weighted by Gasteiger charge is 2.30. The molecule has 0 aliphatic heterocycles. The molecule has 3 unspecified atom stereocenters. The predicted octanol–water partition coefficient (Wildman–Crippen LogP) is 21.3. The molecule has 0 aromatic heterocycles. The van der Waals surface area contributed by atoms with E-state index in [2.05, 4.69) is 55.4 Å². The van der Waals surface area contributed by atoms with Crippen LogP contribution in [0.3, 0.4) is 0 Å². The second-order valence-corrected chi connectivity index (χ2v) is 31.5. The van der Waals surface area contributed by atoms with Crippen LogP contribution in [0.2, 0.25) is 0 Å². The molecule has 0 fully saturated rings. The molecule has 0 saturated carbocycles. The van der Waals surface area contributed by atoms with Gasteiger partial charge in [-0.05, 0) is 49.4 Å². The number of ether oxygens (including phenoxy) is 4. The van der Waals surface area contributed by atoms with Crippen molar-refractivity contribution in [3.8, 4) is 0 Å². The molecular formula is C74H144O17P2. The molecule has 0 aliphatic carbocycles. The van der Waals surface area contributed by atoms with E-state index in [1.807, 2.05) is 0 Å². The second-order valence-electron chi connectivity index (χ2n) is 28.6. The van der Waals surface area contributed by atoms with Gasteiger partial charge in [0.1, 0.15) is 19.3 Å². The standard InChI is InChI=1S/C74H144O17P2/c1-64(2)50-42-34-26-19-13-9-11-15-23-31-40-48-56-73(78)90-69(60-84-71(76)54-46-38-30-22-18-17-21-28-36-44-52-66(5)6)62-88-92(80,81)86-58-68(75)59-87-93(82,83)89-63-70(61-85-72(77)55-47-39-33-25-29-37-45-53-67(7)8)91-74(79)57-49-41-32-24-16-12-10-14-20-27-35-43-51-65(3)4/h64-70,75H,9-63H2,1-8H3,(H,80,81)(H,82,83)/t68?,69-,70-/m1/s1. The van der Waals surface area contributed by atoms with Crippen LogP contribution in [-0.2, 0) is 65.4 Å². The highest BCUT2D eigenvalue weighted by Crippen LogP contribution is 2.45. The van der Waals surface area contributed by atoms with Crippen molar-refractivity contribution in [2.24, 2.45) is 23.7 Å². The van der Waals surface area contributed by atoms with Crippen LogP contribution in [0.15, 0.2) is 0 Å². The van der Waals surface area contributed by atoms with E-state index in [4.69, 9.17) is 37.0 Å². The Balaban J connectivity index is 5.26. The fraction of sp³-hybridized carbons (Fsp3) is 0.946. The van der Waals surface area contributed by atoms with E-state index < -0.39 is 97.5 Å². The van der Waals surface area contributed by atoms with Gasteiger partial charge in [0.15, 0.2) is 12.2 Å². The lowest BCUT2D eigenvalue weighted by atomic mass is 10.0. The van der Waals surface area contributed by atoms with Gasteiger partial charge in [-0.15, -0.1) is 0 Å². The van der Waals surface area contributed by atoms with Crippen molar-refractivity contribution in [2.75, 3.05) is 39.6 Å². The number of aliphatic hydroxyl groups excluding tert-OH is 1. The maximum atomic E-state index is 13.1. The fourth-order valence-corrected chi connectivity index (χ4v) is 12.8. The number of carbonyl (C=O) groups is 4. The number of unbranched alkanes of at least 4 members (excludes halogenated alkanes) is 37. The Hall–Kier alpha value is -1.94. The average Bonchev–Trinajstić information content (AvgIpc) is 1.79. The maximum Gasteiger partial charge on any atom is 0.472 e. The molecule has 0 rings (SSSR count). The lowest BCUT2D eigenvalue weighted by Crippen LogP contribution is -2.30. The van der Waals surface area contributed by atoms with E-state index in [1.54, 1.807) is 0 Å². The Morgan fingerprint density at radius 3 is 0.667 bits per heavy atom. The number of phosphoric ester groups is 2. The molecule has 0 saturated heterocycles. The van der Waals surface area contributed by atoms with Crippen molar-refractivity contribution in [1.29, 1.82) is 0 Å². The fourth-order valence-electron chi connectivity index (χ4n) is 11.2. The molecule has 0 aromatic rings. The van der Waals surface area contributed by atoms with Gasteiger partial charge < -0.3 is 33.8 Å².